The highest BCUT2D eigenvalue weighted by Crippen LogP contribution is 2.16. The van der Waals surface area contributed by atoms with Crippen LogP contribution < -0.4 is 0 Å². The quantitative estimate of drug-likeness (QED) is 0.658. The molecule has 0 aromatic carbocycles. The summed E-state index contributed by atoms with van der Waals surface area (Å²) >= 11 is 0. The van der Waals surface area contributed by atoms with Crippen LogP contribution in [0.5, 0.6) is 0 Å². The van der Waals surface area contributed by atoms with Crippen LogP contribution in [0.2, 0.25) is 0 Å². The predicted octanol–water partition coefficient (Wildman–Crippen LogP) is 0.165. The van der Waals surface area contributed by atoms with Gasteiger partial charge in [0.2, 0.25) is 0 Å². The third kappa shape index (κ3) is 3.74. The predicted molar refractivity (Wildman–Crippen MR) is 48.5 cm³/mol. The van der Waals surface area contributed by atoms with Gasteiger partial charge in [-0.15, -0.1) is 0 Å². The first-order valence-corrected chi connectivity index (χ1v) is 4.77. The van der Waals surface area contributed by atoms with Crippen molar-refractivity contribution >= 4 is 5.97 Å². The monoisotopic (exact) mass is 187 g/mol. The van der Waals surface area contributed by atoms with Crippen molar-refractivity contribution in [2.24, 2.45) is 5.92 Å². The van der Waals surface area contributed by atoms with Gasteiger partial charge in [-0.1, -0.05) is 0 Å². The summed E-state index contributed by atoms with van der Waals surface area (Å²) in [4.78, 5) is 12.4. The van der Waals surface area contributed by atoms with Crippen LogP contribution in [0, 0.1) is 5.92 Å². The molecule has 0 unspecified atom stereocenters. The van der Waals surface area contributed by atoms with Gasteiger partial charge in [0.15, 0.2) is 0 Å². The SMILES string of the molecule is O=C(O)CCN1CCC(CO)CC1. The number of aliphatic hydroxyl groups is 1. The number of carboxylic acids is 1. The number of rotatable bonds is 4. The van der Waals surface area contributed by atoms with Crippen molar-refractivity contribution in [3.63, 3.8) is 0 Å². The summed E-state index contributed by atoms with van der Waals surface area (Å²) in [5.41, 5.74) is 0. The van der Waals surface area contributed by atoms with E-state index in [1.54, 1.807) is 0 Å². The second-order valence-corrected chi connectivity index (χ2v) is 3.61. The molecule has 0 atom stereocenters. The van der Waals surface area contributed by atoms with Gasteiger partial charge < -0.3 is 15.1 Å². The van der Waals surface area contributed by atoms with E-state index in [1.165, 1.54) is 0 Å². The van der Waals surface area contributed by atoms with Crippen LogP contribution >= 0.6 is 0 Å². The van der Waals surface area contributed by atoms with E-state index in [0.717, 1.165) is 25.9 Å². The summed E-state index contributed by atoms with van der Waals surface area (Å²) in [6.45, 7) is 2.78. The summed E-state index contributed by atoms with van der Waals surface area (Å²) in [6, 6.07) is 0. The molecule has 4 heteroatoms. The highest BCUT2D eigenvalue weighted by Gasteiger charge is 2.18. The minimum atomic E-state index is -0.732. The summed E-state index contributed by atoms with van der Waals surface area (Å²) in [6.07, 6.45) is 2.22. The van der Waals surface area contributed by atoms with Crippen LogP contribution in [-0.4, -0.2) is 47.3 Å². The lowest BCUT2D eigenvalue weighted by molar-refractivity contribution is -0.137. The molecule has 2 N–H and O–H groups in total. The molecule has 0 bridgehead atoms. The number of aliphatic hydroxyl groups excluding tert-OH is 1. The highest BCUT2D eigenvalue weighted by atomic mass is 16.4. The van der Waals surface area contributed by atoms with Crippen molar-refractivity contribution in [3.8, 4) is 0 Å². The van der Waals surface area contributed by atoms with E-state index in [1.807, 2.05) is 0 Å². The van der Waals surface area contributed by atoms with Gasteiger partial charge in [0.1, 0.15) is 0 Å². The Labute approximate surface area is 78.2 Å². The Morgan fingerprint density at radius 2 is 2.00 bits per heavy atom. The van der Waals surface area contributed by atoms with Gasteiger partial charge in [-0.2, -0.15) is 0 Å². The molecule has 0 aromatic heterocycles. The number of carboxylic acid groups (broad SMARTS) is 1. The van der Waals surface area contributed by atoms with Crippen molar-refractivity contribution in [2.45, 2.75) is 19.3 Å². The van der Waals surface area contributed by atoms with Crippen molar-refractivity contribution in [1.29, 1.82) is 0 Å². The van der Waals surface area contributed by atoms with Crippen LogP contribution in [0.15, 0.2) is 0 Å². The molecule has 0 spiro atoms. The van der Waals surface area contributed by atoms with E-state index in [0.29, 0.717) is 12.5 Å². The second kappa shape index (κ2) is 5.19. The Bertz CT molecular complexity index is 164. The number of likely N-dealkylation sites (tertiary alicyclic amines) is 1. The molecule has 0 aromatic rings. The molecule has 4 nitrogen and oxygen atoms in total. The van der Waals surface area contributed by atoms with Crippen molar-refractivity contribution in [1.82, 2.24) is 4.90 Å². The first-order chi connectivity index (χ1) is 6.22. The zero-order chi connectivity index (χ0) is 9.68. The zero-order valence-electron chi connectivity index (χ0n) is 7.78. The van der Waals surface area contributed by atoms with Crippen LogP contribution in [0.4, 0.5) is 0 Å². The summed E-state index contributed by atoms with van der Waals surface area (Å²) in [5, 5.41) is 17.4. The van der Waals surface area contributed by atoms with Gasteiger partial charge >= 0.3 is 5.97 Å². The normalized spacial score (nSPS) is 20.4. The fourth-order valence-electron chi connectivity index (χ4n) is 1.65. The fraction of sp³-hybridized carbons (Fsp3) is 0.889. The molecule has 1 rings (SSSR count). The molecule has 1 aliphatic heterocycles. The smallest absolute Gasteiger partial charge is 0.304 e. The van der Waals surface area contributed by atoms with E-state index in [9.17, 15) is 4.79 Å². The molecule has 1 aliphatic rings. The molecule has 0 radical (unpaired) electrons. The summed E-state index contributed by atoms with van der Waals surface area (Å²) < 4.78 is 0. The number of piperidine rings is 1. The van der Waals surface area contributed by atoms with Crippen LogP contribution in [-0.2, 0) is 4.79 Å². The summed E-state index contributed by atoms with van der Waals surface area (Å²) in [5.74, 6) is -0.301. The molecule has 0 saturated carbocycles. The molecular formula is C9H17NO3. The largest absolute Gasteiger partial charge is 0.481 e. The second-order valence-electron chi connectivity index (χ2n) is 3.61. The average molecular weight is 187 g/mol. The minimum Gasteiger partial charge on any atom is -0.481 e. The van der Waals surface area contributed by atoms with E-state index >= 15 is 0 Å². The van der Waals surface area contributed by atoms with Gasteiger partial charge in [0.05, 0.1) is 6.42 Å². The minimum absolute atomic E-state index is 0.226. The molecule has 1 saturated heterocycles. The van der Waals surface area contributed by atoms with E-state index < -0.39 is 5.97 Å². The average Bonchev–Trinajstić information content (AvgIpc) is 2.15. The van der Waals surface area contributed by atoms with E-state index in [-0.39, 0.29) is 13.0 Å². The molecule has 76 valence electrons. The van der Waals surface area contributed by atoms with Crippen LogP contribution in [0.1, 0.15) is 19.3 Å². The number of hydrogen-bond donors (Lipinski definition) is 2. The van der Waals surface area contributed by atoms with E-state index in [4.69, 9.17) is 10.2 Å². The Kier molecular flexibility index (Phi) is 4.18. The Morgan fingerprint density at radius 3 is 2.46 bits per heavy atom. The summed E-state index contributed by atoms with van der Waals surface area (Å²) in [7, 11) is 0. The van der Waals surface area contributed by atoms with Gasteiger partial charge in [-0.3, -0.25) is 4.79 Å². The highest BCUT2D eigenvalue weighted by molar-refractivity contribution is 5.66. The molecule has 1 fully saturated rings. The van der Waals surface area contributed by atoms with Gasteiger partial charge in [0.25, 0.3) is 0 Å². The fourth-order valence-corrected chi connectivity index (χ4v) is 1.65. The third-order valence-corrected chi connectivity index (χ3v) is 2.61. The lowest BCUT2D eigenvalue weighted by Crippen LogP contribution is -2.36. The molecular weight excluding hydrogens is 170 g/mol. The Hall–Kier alpha value is -0.610. The lowest BCUT2D eigenvalue weighted by Gasteiger charge is -2.30. The van der Waals surface area contributed by atoms with Crippen molar-refractivity contribution in [3.05, 3.63) is 0 Å². The number of hydrogen-bond acceptors (Lipinski definition) is 3. The standard InChI is InChI=1S/C9H17NO3/c11-7-8-1-4-10(5-2-8)6-3-9(12)13/h8,11H,1-7H2,(H,12,13). The Balaban J connectivity index is 2.14. The van der Waals surface area contributed by atoms with Gasteiger partial charge in [-0.25, -0.2) is 0 Å². The molecule has 0 amide bonds. The first kappa shape index (κ1) is 10.5. The Morgan fingerprint density at radius 1 is 1.38 bits per heavy atom. The lowest BCUT2D eigenvalue weighted by atomic mass is 9.98. The maximum Gasteiger partial charge on any atom is 0.304 e. The maximum absolute atomic E-state index is 10.3. The molecule has 0 aliphatic carbocycles. The first-order valence-electron chi connectivity index (χ1n) is 4.77. The third-order valence-electron chi connectivity index (χ3n) is 2.61. The number of aliphatic carboxylic acids is 1. The maximum atomic E-state index is 10.3. The molecule has 13 heavy (non-hydrogen) atoms. The number of carbonyl (C=O) groups is 1. The van der Waals surface area contributed by atoms with Crippen LogP contribution in [0.3, 0.4) is 0 Å². The van der Waals surface area contributed by atoms with Crippen molar-refractivity contribution in [2.75, 3.05) is 26.2 Å². The molecule has 1 heterocycles. The zero-order valence-corrected chi connectivity index (χ0v) is 7.78. The van der Waals surface area contributed by atoms with Crippen molar-refractivity contribution < 1.29 is 15.0 Å². The number of nitrogens with zero attached hydrogens (tertiary/aromatic N) is 1. The van der Waals surface area contributed by atoms with Crippen LogP contribution in [0.25, 0.3) is 0 Å². The van der Waals surface area contributed by atoms with Gasteiger partial charge in [-0.05, 0) is 31.8 Å². The van der Waals surface area contributed by atoms with Gasteiger partial charge in [0, 0.05) is 13.2 Å². The topological polar surface area (TPSA) is 60.8 Å². The van der Waals surface area contributed by atoms with E-state index in [2.05, 4.69) is 4.90 Å².